The average Bonchev–Trinajstić information content (AvgIpc) is 2.80. The number of ether oxygens (including phenoxy) is 2. The van der Waals surface area contributed by atoms with Crippen LogP contribution in [0, 0.1) is 29.9 Å². The van der Waals surface area contributed by atoms with E-state index in [1.807, 2.05) is 6.07 Å². The Morgan fingerprint density at radius 1 is 1.06 bits per heavy atom. The number of aliphatic carboxylic acids is 1. The number of rotatable bonds is 8. The van der Waals surface area contributed by atoms with Crippen LogP contribution in [-0.2, 0) is 4.79 Å². The SMILES string of the molecule is Cc1c(F)c(Oc2cccc(C#N)c2)nc(Oc2cccc(C(=O)NCCC(=O)O)c2)c1F. The van der Waals surface area contributed by atoms with Gasteiger partial charge in [0, 0.05) is 17.7 Å². The highest BCUT2D eigenvalue weighted by molar-refractivity contribution is 5.94. The molecule has 33 heavy (non-hydrogen) atoms. The molecule has 0 atom stereocenters. The van der Waals surface area contributed by atoms with E-state index in [9.17, 15) is 18.4 Å². The molecule has 1 aromatic heterocycles. The first-order chi connectivity index (χ1) is 15.8. The molecule has 2 aromatic carbocycles. The van der Waals surface area contributed by atoms with Crippen molar-refractivity contribution in [1.82, 2.24) is 10.3 Å². The minimum absolute atomic E-state index is 0.0377. The lowest BCUT2D eigenvalue weighted by Crippen LogP contribution is -2.25. The average molecular weight is 453 g/mol. The number of carboxylic acid groups (broad SMARTS) is 1. The Labute approximate surface area is 187 Å². The molecule has 0 saturated carbocycles. The fraction of sp³-hybridized carbons (Fsp3) is 0.130. The summed E-state index contributed by atoms with van der Waals surface area (Å²) in [6, 6.07) is 13.5. The molecule has 2 N–H and O–H groups in total. The summed E-state index contributed by atoms with van der Waals surface area (Å²) in [5.41, 5.74) is 0.0255. The Bertz CT molecular complexity index is 1260. The van der Waals surface area contributed by atoms with Gasteiger partial charge >= 0.3 is 5.97 Å². The van der Waals surface area contributed by atoms with E-state index in [1.165, 1.54) is 55.5 Å². The molecular weight excluding hydrogens is 436 g/mol. The second-order valence-corrected chi connectivity index (χ2v) is 6.75. The summed E-state index contributed by atoms with van der Waals surface area (Å²) in [4.78, 5) is 26.5. The molecule has 0 aliphatic heterocycles. The van der Waals surface area contributed by atoms with Gasteiger partial charge in [0.1, 0.15) is 11.5 Å². The molecule has 0 fully saturated rings. The predicted molar refractivity (Wildman–Crippen MR) is 111 cm³/mol. The summed E-state index contributed by atoms with van der Waals surface area (Å²) in [7, 11) is 0. The Hall–Kier alpha value is -4.52. The smallest absolute Gasteiger partial charge is 0.305 e. The molecule has 0 aliphatic carbocycles. The van der Waals surface area contributed by atoms with Crippen LogP contribution in [0.2, 0.25) is 0 Å². The molecule has 168 valence electrons. The number of nitrogens with zero attached hydrogens (tertiary/aromatic N) is 2. The van der Waals surface area contributed by atoms with Crippen LogP contribution >= 0.6 is 0 Å². The lowest BCUT2D eigenvalue weighted by atomic mass is 10.2. The molecule has 1 heterocycles. The number of hydrogen-bond acceptors (Lipinski definition) is 6. The van der Waals surface area contributed by atoms with Crippen molar-refractivity contribution in [2.45, 2.75) is 13.3 Å². The lowest BCUT2D eigenvalue weighted by Gasteiger charge is -2.13. The van der Waals surface area contributed by atoms with Crippen molar-refractivity contribution in [2.24, 2.45) is 0 Å². The first-order valence-corrected chi connectivity index (χ1v) is 9.60. The van der Waals surface area contributed by atoms with E-state index in [1.54, 1.807) is 0 Å². The van der Waals surface area contributed by atoms with E-state index in [4.69, 9.17) is 19.8 Å². The highest BCUT2D eigenvalue weighted by Crippen LogP contribution is 2.33. The number of nitrogens with one attached hydrogen (secondary N) is 1. The third kappa shape index (κ3) is 5.80. The van der Waals surface area contributed by atoms with E-state index in [0.717, 1.165) is 0 Å². The van der Waals surface area contributed by atoms with Crippen molar-refractivity contribution in [2.75, 3.05) is 6.54 Å². The molecule has 0 aliphatic rings. The first kappa shape index (κ1) is 23.1. The van der Waals surface area contributed by atoms with Gasteiger partial charge in [0.05, 0.1) is 18.1 Å². The monoisotopic (exact) mass is 453 g/mol. The van der Waals surface area contributed by atoms with Crippen molar-refractivity contribution >= 4 is 11.9 Å². The number of carbonyl (C=O) groups excluding carboxylic acids is 1. The quantitative estimate of drug-likeness (QED) is 0.521. The summed E-state index contributed by atoms with van der Waals surface area (Å²) in [5.74, 6) is -4.67. The van der Waals surface area contributed by atoms with Crippen molar-refractivity contribution in [3.8, 4) is 29.3 Å². The first-order valence-electron chi connectivity index (χ1n) is 9.60. The van der Waals surface area contributed by atoms with Crippen LogP contribution in [0.25, 0.3) is 0 Å². The van der Waals surface area contributed by atoms with Crippen LogP contribution in [0.4, 0.5) is 8.78 Å². The van der Waals surface area contributed by atoms with Crippen molar-refractivity contribution < 1.29 is 33.0 Å². The molecule has 1 amide bonds. The highest BCUT2D eigenvalue weighted by Gasteiger charge is 2.21. The number of benzene rings is 2. The van der Waals surface area contributed by atoms with Crippen molar-refractivity contribution in [3.05, 3.63) is 76.9 Å². The number of amides is 1. The van der Waals surface area contributed by atoms with Crippen LogP contribution < -0.4 is 14.8 Å². The third-order valence-corrected chi connectivity index (χ3v) is 4.35. The summed E-state index contributed by atoms with van der Waals surface area (Å²) < 4.78 is 40.0. The van der Waals surface area contributed by atoms with Crippen LogP contribution in [0.3, 0.4) is 0 Å². The lowest BCUT2D eigenvalue weighted by molar-refractivity contribution is -0.136. The van der Waals surface area contributed by atoms with E-state index in [0.29, 0.717) is 0 Å². The number of halogens is 2. The summed E-state index contributed by atoms with van der Waals surface area (Å²) in [6.07, 6.45) is -0.244. The molecule has 8 nitrogen and oxygen atoms in total. The number of aromatic nitrogens is 1. The van der Waals surface area contributed by atoms with Crippen molar-refractivity contribution in [1.29, 1.82) is 5.26 Å². The van der Waals surface area contributed by atoms with E-state index in [-0.39, 0.29) is 35.6 Å². The highest BCUT2D eigenvalue weighted by atomic mass is 19.1. The Morgan fingerprint density at radius 3 is 2.27 bits per heavy atom. The number of carbonyl (C=O) groups is 2. The Balaban J connectivity index is 1.84. The van der Waals surface area contributed by atoms with Crippen LogP contribution in [0.15, 0.2) is 48.5 Å². The van der Waals surface area contributed by atoms with Gasteiger partial charge in [-0.05, 0) is 43.3 Å². The van der Waals surface area contributed by atoms with Gasteiger partial charge in [-0.25, -0.2) is 8.78 Å². The maximum Gasteiger partial charge on any atom is 0.305 e. The summed E-state index contributed by atoms with van der Waals surface area (Å²) in [5, 5.41) is 20.1. The largest absolute Gasteiger partial charge is 0.481 e. The fourth-order valence-corrected chi connectivity index (χ4v) is 2.68. The zero-order valence-electron chi connectivity index (χ0n) is 17.3. The molecule has 0 saturated heterocycles. The van der Waals surface area contributed by atoms with Gasteiger partial charge < -0.3 is 19.9 Å². The molecule has 3 aromatic rings. The maximum absolute atomic E-state index is 14.6. The van der Waals surface area contributed by atoms with E-state index >= 15 is 0 Å². The van der Waals surface area contributed by atoms with E-state index in [2.05, 4.69) is 10.3 Å². The van der Waals surface area contributed by atoms with Crippen molar-refractivity contribution in [3.63, 3.8) is 0 Å². The molecule has 10 heteroatoms. The second-order valence-electron chi connectivity index (χ2n) is 6.75. The topological polar surface area (TPSA) is 122 Å². The summed E-state index contributed by atoms with van der Waals surface area (Å²) in [6.45, 7) is 1.12. The van der Waals surface area contributed by atoms with Gasteiger partial charge in [0.2, 0.25) is 0 Å². The molecule has 0 bridgehead atoms. The van der Waals surface area contributed by atoms with Crippen LogP contribution in [-0.4, -0.2) is 28.5 Å². The van der Waals surface area contributed by atoms with Gasteiger partial charge in [0.15, 0.2) is 11.6 Å². The molecular formula is C23H17F2N3O5. The standard InChI is InChI=1S/C23H17F2N3O5/c1-13-19(24)22(32-16-6-2-4-14(10-16)12-26)28-23(20(13)25)33-17-7-3-5-15(11-17)21(31)27-9-8-18(29)30/h2-7,10-11H,8-9H2,1H3,(H,27,31)(H,29,30). The predicted octanol–water partition coefficient (Wildman–Crippen LogP) is 4.33. The normalized spacial score (nSPS) is 10.2. The summed E-state index contributed by atoms with van der Waals surface area (Å²) >= 11 is 0. The number of hydrogen-bond donors (Lipinski definition) is 2. The third-order valence-electron chi connectivity index (χ3n) is 4.35. The zero-order chi connectivity index (χ0) is 24.0. The number of carboxylic acids is 1. The molecule has 0 spiro atoms. The fourth-order valence-electron chi connectivity index (χ4n) is 2.68. The Morgan fingerprint density at radius 2 is 1.67 bits per heavy atom. The number of nitriles is 1. The number of pyridine rings is 1. The van der Waals surface area contributed by atoms with Gasteiger partial charge in [-0.3, -0.25) is 9.59 Å². The van der Waals surface area contributed by atoms with Gasteiger partial charge in [-0.1, -0.05) is 12.1 Å². The maximum atomic E-state index is 14.6. The zero-order valence-corrected chi connectivity index (χ0v) is 17.3. The van der Waals surface area contributed by atoms with Gasteiger partial charge in [-0.15, -0.1) is 0 Å². The Kier molecular flexibility index (Phi) is 7.15. The second kappa shape index (κ2) is 10.2. The molecule has 0 unspecified atom stereocenters. The van der Waals surface area contributed by atoms with Crippen LogP contribution in [0.5, 0.6) is 23.3 Å². The molecule has 0 radical (unpaired) electrons. The van der Waals surface area contributed by atoms with Gasteiger partial charge in [-0.2, -0.15) is 10.2 Å². The minimum atomic E-state index is -1.06. The van der Waals surface area contributed by atoms with Gasteiger partial charge in [0.25, 0.3) is 17.7 Å². The van der Waals surface area contributed by atoms with Crippen LogP contribution in [0.1, 0.15) is 27.9 Å². The molecule has 3 rings (SSSR count). The van der Waals surface area contributed by atoms with E-state index < -0.39 is 40.8 Å². The minimum Gasteiger partial charge on any atom is -0.481 e.